The number of carbonyl (C=O) groups excluding carboxylic acids is 4. The molecule has 0 spiro atoms. The molecule has 17 nitrogen and oxygen atoms in total. The molecule has 0 aromatic rings. The van der Waals surface area contributed by atoms with E-state index in [1.165, 1.54) is 0 Å². The van der Waals surface area contributed by atoms with Crippen LogP contribution in [-0.4, -0.2) is 96.7 Å². The topological polar surface area (TPSA) is 237 Å². The fraction of sp³-hybridized carbons (Fsp3) is 0.600. The van der Waals surface area contributed by atoms with Crippen LogP contribution in [0, 0.1) is 0 Å². The first-order valence-electron chi connectivity index (χ1n) is 39.0. The lowest BCUT2D eigenvalue weighted by Gasteiger charge is -2.21. The minimum absolute atomic E-state index is 0.0262. The van der Waals surface area contributed by atoms with E-state index < -0.39 is 97.5 Å². The maximum atomic E-state index is 13.1. The van der Waals surface area contributed by atoms with Gasteiger partial charge in [0.25, 0.3) is 0 Å². The molecule has 0 saturated heterocycles. The van der Waals surface area contributed by atoms with Crippen LogP contribution in [0.3, 0.4) is 0 Å². The number of carbonyl (C=O) groups is 4. The third kappa shape index (κ3) is 74.4. The zero-order valence-corrected chi connectivity index (χ0v) is 65.9. The first kappa shape index (κ1) is 98.2. The maximum Gasteiger partial charge on any atom is 0.472 e. The van der Waals surface area contributed by atoms with E-state index in [9.17, 15) is 43.2 Å². The molecule has 0 bridgehead atoms. The quantitative estimate of drug-likeness (QED) is 0.0169. The van der Waals surface area contributed by atoms with E-state index in [1.54, 1.807) is 0 Å². The lowest BCUT2D eigenvalue weighted by molar-refractivity contribution is -0.161. The van der Waals surface area contributed by atoms with Gasteiger partial charge in [-0.15, -0.1) is 0 Å². The van der Waals surface area contributed by atoms with E-state index in [0.29, 0.717) is 32.1 Å². The highest BCUT2D eigenvalue weighted by atomic mass is 31.2. The Balaban J connectivity index is 5.49. The normalized spacial score (nSPS) is 14.9. The fourth-order valence-electron chi connectivity index (χ4n) is 9.52. The minimum atomic E-state index is -5.01. The van der Waals surface area contributed by atoms with Gasteiger partial charge in [-0.3, -0.25) is 37.3 Å². The monoisotopic (exact) mass is 1490 g/mol. The molecule has 19 heteroatoms. The van der Waals surface area contributed by atoms with Gasteiger partial charge in [0.2, 0.25) is 0 Å². The van der Waals surface area contributed by atoms with E-state index in [1.807, 2.05) is 18.2 Å². The summed E-state index contributed by atoms with van der Waals surface area (Å²) in [6, 6.07) is 0. The molecule has 0 fully saturated rings. The van der Waals surface area contributed by atoms with Gasteiger partial charge in [-0.05, 0) is 161 Å². The number of phosphoric ester groups is 2. The number of hydrogen-bond donors (Lipinski definition) is 3. The molecule has 5 unspecified atom stereocenters. The summed E-state index contributed by atoms with van der Waals surface area (Å²) in [5.41, 5.74) is 0. The fourth-order valence-corrected chi connectivity index (χ4v) is 11.1. The Morgan fingerprint density at radius 1 is 0.279 bits per heavy atom. The molecule has 588 valence electrons. The number of hydrogen-bond acceptors (Lipinski definition) is 15. The summed E-state index contributed by atoms with van der Waals surface area (Å²) in [7, 11) is -10.0. The molecular weight excluding hydrogens is 1350 g/mol. The summed E-state index contributed by atoms with van der Waals surface area (Å²) >= 11 is 0. The van der Waals surface area contributed by atoms with Crippen molar-refractivity contribution in [3.8, 4) is 0 Å². The summed E-state index contributed by atoms with van der Waals surface area (Å²) in [5, 5.41) is 10.6. The van der Waals surface area contributed by atoms with Crippen molar-refractivity contribution in [1.82, 2.24) is 0 Å². The number of ether oxygens (including phenoxy) is 4. The van der Waals surface area contributed by atoms with E-state index >= 15 is 0 Å². The number of unbranched alkanes of at least 4 members (excludes halogenated alkanes) is 15. The van der Waals surface area contributed by atoms with Crippen LogP contribution in [0.25, 0.3) is 0 Å². The van der Waals surface area contributed by atoms with Crippen molar-refractivity contribution in [2.24, 2.45) is 0 Å². The predicted molar refractivity (Wildman–Crippen MR) is 426 cm³/mol. The summed E-state index contributed by atoms with van der Waals surface area (Å²) in [6.45, 7) is 4.28. The van der Waals surface area contributed by atoms with Crippen LogP contribution in [0.15, 0.2) is 182 Å². The highest BCUT2D eigenvalue weighted by Crippen LogP contribution is 2.45. The number of aliphatic hydroxyl groups excluding tert-OH is 1. The third-order valence-corrected chi connectivity index (χ3v) is 17.2. The highest BCUT2D eigenvalue weighted by Gasteiger charge is 2.30. The minimum Gasteiger partial charge on any atom is -0.462 e. The van der Waals surface area contributed by atoms with Crippen LogP contribution in [-0.2, 0) is 65.4 Å². The van der Waals surface area contributed by atoms with Crippen LogP contribution in [0.2, 0.25) is 0 Å². The Morgan fingerprint density at radius 3 is 0.846 bits per heavy atom. The van der Waals surface area contributed by atoms with Crippen molar-refractivity contribution in [3.05, 3.63) is 182 Å². The standard InChI is InChI=1S/C85H136O17P2/c1-5-9-13-17-21-25-29-33-36-38-39-41-43-47-50-54-58-62-66-70-83(88)96-76-81(102-85(90)72-68-64-60-56-52-48-44-40-37-34-30-26-22-18-14-10-6-2)78-100-104(93,94)98-74-79(86)73-97-103(91,92)99-77-80(101-84(89)71-67-63-59-55-51-45-32-28-24-20-16-12-8-4)75-95-82(87)69-65-61-57-53-49-46-42-35-31-27-23-19-15-11-7-3/h9-11,13-16,20-23,25-28,32-37,39,41-42,47,49-50,53,58,62,79-81,86H,5-8,12,17-19,24,29-31,38,40,43-46,48,51-52,54-57,59-61,63-78H2,1-4H3,(H,91,92)(H,93,94)/b13-9-,14-10-,15-11-,20-16-,25-21-,26-22-,27-23-,32-28-,36-33-,37-34-,41-39-,42-35-,50-47-,53-49-,62-58-. The molecule has 0 aliphatic heterocycles. The Morgan fingerprint density at radius 2 is 0.519 bits per heavy atom. The van der Waals surface area contributed by atoms with Gasteiger partial charge >= 0.3 is 39.5 Å². The van der Waals surface area contributed by atoms with E-state index in [4.69, 9.17) is 37.0 Å². The van der Waals surface area contributed by atoms with Crippen molar-refractivity contribution >= 4 is 39.5 Å². The smallest absolute Gasteiger partial charge is 0.462 e. The van der Waals surface area contributed by atoms with Gasteiger partial charge in [-0.2, -0.15) is 0 Å². The summed E-state index contributed by atoms with van der Waals surface area (Å²) in [5.74, 6) is -2.37. The number of aliphatic hydroxyl groups is 1. The number of rotatable bonds is 71. The van der Waals surface area contributed by atoms with Crippen molar-refractivity contribution in [2.75, 3.05) is 39.6 Å². The van der Waals surface area contributed by atoms with E-state index in [2.05, 4.69) is 192 Å². The first-order chi connectivity index (χ1) is 50.7. The molecule has 5 atom stereocenters. The number of allylic oxidation sites excluding steroid dienone is 30. The number of esters is 4. The second-order valence-corrected chi connectivity index (χ2v) is 28.1. The first-order valence-corrected chi connectivity index (χ1v) is 42.0. The van der Waals surface area contributed by atoms with Crippen molar-refractivity contribution in [3.63, 3.8) is 0 Å². The van der Waals surface area contributed by atoms with Crippen molar-refractivity contribution < 1.29 is 80.2 Å². The van der Waals surface area contributed by atoms with Crippen molar-refractivity contribution in [2.45, 2.75) is 290 Å². The average molecular weight is 1490 g/mol. The number of phosphoric acid groups is 2. The van der Waals surface area contributed by atoms with Gasteiger partial charge in [0.05, 0.1) is 26.4 Å². The van der Waals surface area contributed by atoms with Gasteiger partial charge in [-0.1, -0.05) is 268 Å². The molecule has 0 saturated carbocycles. The maximum absolute atomic E-state index is 13.1. The molecule has 0 aliphatic carbocycles. The molecule has 0 rings (SSSR count). The second kappa shape index (κ2) is 75.4. The molecule has 3 N–H and O–H groups in total. The van der Waals surface area contributed by atoms with E-state index in [-0.39, 0.29) is 25.7 Å². The molecule has 0 heterocycles. The molecule has 104 heavy (non-hydrogen) atoms. The van der Waals surface area contributed by atoms with Crippen LogP contribution >= 0.6 is 15.6 Å². The Labute approximate surface area is 628 Å². The van der Waals surface area contributed by atoms with Gasteiger partial charge in [0.1, 0.15) is 19.3 Å². The predicted octanol–water partition coefficient (Wildman–Crippen LogP) is 22.8. The molecule has 0 aromatic heterocycles. The van der Waals surface area contributed by atoms with Crippen LogP contribution in [0.4, 0.5) is 0 Å². The van der Waals surface area contributed by atoms with Gasteiger partial charge in [-0.25, -0.2) is 9.13 Å². The zero-order chi connectivity index (χ0) is 76.0. The second-order valence-electron chi connectivity index (χ2n) is 25.1. The SMILES string of the molecule is CC/C=C\C/C=C\C/C=C\C/C=C\C/C=C\C/C=C\CCC(=O)OCC(COP(=O)(O)OCC(O)COP(=O)(O)OCC(COC(=O)CCCC/C=C\C/C=C\C/C=C\C/C=C\CC)OC(=O)CCCCCCC/C=C\C/C=C\CCC)OC(=O)CCCCCCCCC/C=C\C/C=C\C/C=C\CC. The van der Waals surface area contributed by atoms with Crippen LogP contribution in [0.5, 0.6) is 0 Å². The van der Waals surface area contributed by atoms with Gasteiger partial charge < -0.3 is 33.8 Å². The molecular formula is C85H136O17P2. The van der Waals surface area contributed by atoms with Gasteiger partial charge in [0, 0.05) is 25.7 Å². The Hall–Kier alpha value is -5.84. The molecule has 0 aliphatic rings. The summed E-state index contributed by atoms with van der Waals surface area (Å²) < 4.78 is 68.4. The van der Waals surface area contributed by atoms with Gasteiger partial charge in [0.15, 0.2) is 12.2 Å². The summed E-state index contributed by atoms with van der Waals surface area (Å²) in [6.07, 6.45) is 90.4. The average Bonchev–Trinajstić information content (AvgIpc) is 0.911. The van der Waals surface area contributed by atoms with Crippen LogP contribution < -0.4 is 0 Å². The lowest BCUT2D eigenvalue weighted by Crippen LogP contribution is -2.30. The highest BCUT2D eigenvalue weighted by molar-refractivity contribution is 7.47. The lowest BCUT2D eigenvalue weighted by atomic mass is 10.1. The molecule has 0 radical (unpaired) electrons. The van der Waals surface area contributed by atoms with E-state index in [0.717, 1.165) is 186 Å². The zero-order valence-electron chi connectivity index (χ0n) is 64.1. The summed E-state index contributed by atoms with van der Waals surface area (Å²) in [4.78, 5) is 72.9. The molecule has 0 aromatic carbocycles. The Bertz CT molecular complexity index is 2690. The Kier molecular flexibility index (Phi) is 71.2. The largest absolute Gasteiger partial charge is 0.472 e. The van der Waals surface area contributed by atoms with Crippen molar-refractivity contribution in [1.29, 1.82) is 0 Å². The third-order valence-electron chi connectivity index (χ3n) is 15.3. The van der Waals surface area contributed by atoms with Crippen LogP contribution in [0.1, 0.15) is 272 Å². The molecule has 0 amide bonds.